The Labute approximate surface area is 195 Å². The van der Waals surface area contributed by atoms with Crippen molar-refractivity contribution >= 4 is 22.1 Å². The molecule has 0 spiro atoms. The van der Waals surface area contributed by atoms with Crippen molar-refractivity contribution in [3.8, 4) is 0 Å². The molecule has 0 aromatic carbocycles. The van der Waals surface area contributed by atoms with Gasteiger partial charge in [-0.15, -0.1) is 0 Å². The minimum absolute atomic E-state index is 0.0627. The van der Waals surface area contributed by atoms with Gasteiger partial charge < -0.3 is 10.2 Å². The molecule has 0 aliphatic carbocycles. The summed E-state index contributed by atoms with van der Waals surface area (Å²) in [4.78, 5) is 24.8. The molecule has 0 bridgehead atoms. The van der Waals surface area contributed by atoms with Crippen LogP contribution in [0.15, 0.2) is 0 Å². The van der Waals surface area contributed by atoms with Gasteiger partial charge >= 0.3 is 11.9 Å². The molecular formula is C24H46O7S. The molecule has 32 heavy (non-hydrogen) atoms. The van der Waals surface area contributed by atoms with Gasteiger partial charge in [0.05, 0.1) is 5.92 Å². The summed E-state index contributed by atoms with van der Waals surface area (Å²) in [6.07, 6.45) is 9.31. The smallest absolute Gasteiger partial charge is 0.328 e. The zero-order valence-electron chi connectivity index (χ0n) is 20.5. The SMILES string of the molecule is CCCCCC(CCC)CC(C(=O)O)C(CC(CCC)CCCCC)(C(=O)O)S(=O)(=O)O. The number of carboxylic acids is 2. The first-order chi connectivity index (χ1) is 15.0. The molecule has 0 aliphatic heterocycles. The highest BCUT2D eigenvalue weighted by atomic mass is 32.2. The molecule has 0 rings (SSSR count). The Morgan fingerprint density at radius 1 is 0.750 bits per heavy atom. The van der Waals surface area contributed by atoms with Crippen LogP contribution >= 0.6 is 0 Å². The van der Waals surface area contributed by atoms with Crippen LogP contribution in [0.25, 0.3) is 0 Å². The highest BCUT2D eigenvalue weighted by Gasteiger charge is 2.60. The van der Waals surface area contributed by atoms with Crippen molar-refractivity contribution in [1.82, 2.24) is 0 Å². The second-order valence-corrected chi connectivity index (χ2v) is 11.0. The Balaban J connectivity index is 6.23. The van der Waals surface area contributed by atoms with Crippen molar-refractivity contribution in [2.45, 2.75) is 122 Å². The monoisotopic (exact) mass is 478 g/mol. The van der Waals surface area contributed by atoms with Gasteiger partial charge in [0.1, 0.15) is 0 Å². The van der Waals surface area contributed by atoms with Crippen molar-refractivity contribution < 1.29 is 32.8 Å². The van der Waals surface area contributed by atoms with Gasteiger partial charge in [-0.1, -0.05) is 105 Å². The van der Waals surface area contributed by atoms with Crippen molar-refractivity contribution in [3.05, 3.63) is 0 Å². The van der Waals surface area contributed by atoms with E-state index in [-0.39, 0.29) is 24.7 Å². The minimum atomic E-state index is -5.18. The highest BCUT2D eigenvalue weighted by Crippen LogP contribution is 2.41. The minimum Gasteiger partial charge on any atom is -0.481 e. The third-order valence-electron chi connectivity index (χ3n) is 6.67. The van der Waals surface area contributed by atoms with Crippen LogP contribution in [0.1, 0.15) is 118 Å². The van der Waals surface area contributed by atoms with Gasteiger partial charge in [0.2, 0.25) is 4.75 Å². The fourth-order valence-corrected chi connectivity index (χ4v) is 6.16. The molecule has 0 aliphatic rings. The zero-order valence-corrected chi connectivity index (χ0v) is 21.3. The highest BCUT2D eigenvalue weighted by molar-refractivity contribution is 7.88. The van der Waals surface area contributed by atoms with E-state index >= 15 is 0 Å². The van der Waals surface area contributed by atoms with E-state index in [4.69, 9.17) is 0 Å². The molecule has 4 atom stereocenters. The number of hydrogen-bond acceptors (Lipinski definition) is 4. The van der Waals surface area contributed by atoms with Crippen LogP contribution in [0, 0.1) is 17.8 Å². The van der Waals surface area contributed by atoms with Crippen molar-refractivity contribution in [2.75, 3.05) is 0 Å². The topological polar surface area (TPSA) is 129 Å². The quantitative estimate of drug-likeness (QED) is 0.141. The third-order valence-corrected chi connectivity index (χ3v) is 8.22. The molecule has 0 aromatic rings. The first-order valence-corrected chi connectivity index (χ1v) is 13.9. The Hall–Kier alpha value is -1.15. The predicted molar refractivity (Wildman–Crippen MR) is 127 cm³/mol. The number of hydrogen-bond donors (Lipinski definition) is 3. The summed E-state index contributed by atoms with van der Waals surface area (Å²) in [6, 6.07) is 0. The maximum atomic E-state index is 12.6. The lowest BCUT2D eigenvalue weighted by atomic mass is 9.75. The van der Waals surface area contributed by atoms with E-state index in [0.717, 1.165) is 57.8 Å². The lowest BCUT2D eigenvalue weighted by Crippen LogP contribution is -2.56. The van der Waals surface area contributed by atoms with Gasteiger partial charge in [-0.2, -0.15) is 8.42 Å². The van der Waals surface area contributed by atoms with Gasteiger partial charge in [-0.05, 0) is 24.7 Å². The molecule has 3 N–H and O–H groups in total. The maximum Gasteiger partial charge on any atom is 0.328 e. The number of aliphatic carboxylic acids is 2. The molecule has 8 heteroatoms. The molecule has 0 heterocycles. The molecule has 4 unspecified atom stereocenters. The Morgan fingerprint density at radius 3 is 1.59 bits per heavy atom. The van der Waals surface area contributed by atoms with Gasteiger partial charge in [0, 0.05) is 0 Å². The summed E-state index contributed by atoms with van der Waals surface area (Å²) < 4.78 is 32.7. The summed E-state index contributed by atoms with van der Waals surface area (Å²) in [5.74, 6) is -5.30. The van der Waals surface area contributed by atoms with Gasteiger partial charge in [-0.3, -0.25) is 14.1 Å². The second-order valence-electron chi connectivity index (χ2n) is 9.30. The molecule has 0 radical (unpaired) electrons. The van der Waals surface area contributed by atoms with Gasteiger partial charge in [0.15, 0.2) is 0 Å². The Bertz CT molecular complexity index is 647. The van der Waals surface area contributed by atoms with E-state index in [0.29, 0.717) is 19.3 Å². The average molecular weight is 479 g/mol. The fraction of sp³-hybridized carbons (Fsp3) is 0.917. The molecule has 190 valence electrons. The van der Waals surface area contributed by atoms with E-state index in [1.165, 1.54) is 0 Å². The average Bonchev–Trinajstić information content (AvgIpc) is 2.69. The summed E-state index contributed by atoms with van der Waals surface area (Å²) in [7, 11) is -5.18. The molecule has 0 saturated heterocycles. The summed E-state index contributed by atoms with van der Waals surface area (Å²) in [5, 5.41) is 20.1. The molecule has 7 nitrogen and oxygen atoms in total. The zero-order chi connectivity index (χ0) is 24.8. The van der Waals surface area contributed by atoms with Crippen LogP contribution in [0.4, 0.5) is 0 Å². The predicted octanol–water partition coefficient (Wildman–Crippen LogP) is 6.17. The molecule has 0 fully saturated rings. The van der Waals surface area contributed by atoms with E-state index in [2.05, 4.69) is 6.92 Å². The van der Waals surface area contributed by atoms with Gasteiger partial charge in [0.25, 0.3) is 10.1 Å². The summed E-state index contributed by atoms with van der Waals surface area (Å²) >= 11 is 0. The summed E-state index contributed by atoms with van der Waals surface area (Å²) in [6.45, 7) is 8.01. The van der Waals surface area contributed by atoms with Crippen LogP contribution in [0.3, 0.4) is 0 Å². The van der Waals surface area contributed by atoms with E-state index in [1.54, 1.807) is 0 Å². The van der Waals surface area contributed by atoms with E-state index in [9.17, 15) is 32.8 Å². The van der Waals surface area contributed by atoms with Crippen molar-refractivity contribution in [1.29, 1.82) is 0 Å². The molecule has 0 saturated carbocycles. The molecule has 0 amide bonds. The van der Waals surface area contributed by atoms with Crippen molar-refractivity contribution in [3.63, 3.8) is 0 Å². The fourth-order valence-electron chi connectivity index (χ4n) is 4.94. The van der Waals surface area contributed by atoms with Crippen molar-refractivity contribution in [2.24, 2.45) is 17.8 Å². The van der Waals surface area contributed by atoms with Crippen LogP contribution in [-0.2, 0) is 19.7 Å². The van der Waals surface area contributed by atoms with Crippen LogP contribution < -0.4 is 0 Å². The lowest BCUT2D eigenvalue weighted by molar-refractivity contribution is -0.153. The second kappa shape index (κ2) is 15.6. The first-order valence-electron chi connectivity index (χ1n) is 12.4. The summed E-state index contributed by atoms with van der Waals surface area (Å²) in [5.41, 5.74) is 0. The van der Waals surface area contributed by atoms with Crippen LogP contribution in [0.5, 0.6) is 0 Å². The first kappa shape index (κ1) is 30.9. The van der Waals surface area contributed by atoms with E-state index in [1.807, 2.05) is 20.8 Å². The van der Waals surface area contributed by atoms with Crippen LogP contribution in [-0.4, -0.2) is 39.9 Å². The van der Waals surface area contributed by atoms with E-state index < -0.39 is 32.7 Å². The van der Waals surface area contributed by atoms with Crippen LogP contribution in [0.2, 0.25) is 0 Å². The van der Waals surface area contributed by atoms with Gasteiger partial charge in [-0.25, -0.2) is 0 Å². The largest absolute Gasteiger partial charge is 0.481 e. The number of rotatable bonds is 20. The third kappa shape index (κ3) is 9.38. The standard InChI is InChI=1S/C24H46O7S/c1-5-9-11-15-19(13-7-3)17-21(22(25)26)24(23(27)28,32(29,30)31)18-20(14-8-4)16-12-10-6-2/h19-21H,5-18H2,1-4H3,(H,25,26)(H,27,28)(H,29,30,31). The normalized spacial score (nSPS) is 16.8. The molecule has 0 aromatic heterocycles. The number of carboxylic acid groups (broad SMARTS) is 2. The maximum absolute atomic E-state index is 12.6. The number of carbonyl (C=O) groups is 2. The Morgan fingerprint density at radius 2 is 1.22 bits per heavy atom. The molecular weight excluding hydrogens is 432 g/mol. The Kier molecular flexibility index (Phi) is 15.1. The lowest BCUT2D eigenvalue weighted by Gasteiger charge is -2.36. The number of unbranched alkanes of at least 4 members (excludes halogenated alkanes) is 4.